The number of halogens is 4. The fraction of sp³-hybridized carbons (Fsp3) is 0.310. The first-order valence-corrected chi connectivity index (χ1v) is 14.9. The average Bonchev–Trinajstić information content (AvgIpc) is 2.95. The second-order valence-corrected chi connectivity index (χ2v) is 12.0. The van der Waals surface area contributed by atoms with Crippen molar-refractivity contribution in [3.8, 4) is 5.75 Å². The van der Waals surface area contributed by atoms with E-state index >= 15 is 0 Å². The van der Waals surface area contributed by atoms with Crippen molar-refractivity contribution in [2.45, 2.75) is 36.9 Å². The first-order chi connectivity index (χ1) is 20.0. The third-order valence-corrected chi connectivity index (χ3v) is 8.57. The van der Waals surface area contributed by atoms with Gasteiger partial charge in [0.2, 0.25) is 16.0 Å². The molecule has 1 saturated carbocycles. The van der Waals surface area contributed by atoms with Gasteiger partial charge in [-0.3, -0.25) is 0 Å². The van der Waals surface area contributed by atoms with Crippen LogP contribution in [0.25, 0.3) is 10.9 Å². The lowest BCUT2D eigenvalue weighted by Crippen LogP contribution is -2.32. The highest BCUT2D eigenvalue weighted by atomic mass is 32.2. The van der Waals surface area contributed by atoms with Gasteiger partial charge in [-0.1, -0.05) is 18.2 Å². The number of ether oxygens (including phenoxy) is 1. The molecule has 0 aliphatic heterocycles. The van der Waals surface area contributed by atoms with Crippen LogP contribution in [0.1, 0.15) is 25.7 Å². The molecule has 0 radical (unpaired) electrons. The summed E-state index contributed by atoms with van der Waals surface area (Å²) in [5.41, 5.74) is 1.32. The summed E-state index contributed by atoms with van der Waals surface area (Å²) < 4.78 is 82.4. The van der Waals surface area contributed by atoms with Gasteiger partial charge in [0, 0.05) is 24.2 Å². The topological polar surface area (TPSA) is 105 Å². The van der Waals surface area contributed by atoms with Crippen molar-refractivity contribution in [3.05, 3.63) is 78.6 Å². The first-order valence-electron chi connectivity index (χ1n) is 13.4. The Balaban J connectivity index is 1.13. The van der Waals surface area contributed by atoms with Gasteiger partial charge < -0.3 is 15.4 Å². The van der Waals surface area contributed by atoms with Crippen LogP contribution < -0.4 is 20.1 Å². The van der Waals surface area contributed by atoms with E-state index in [1.54, 1.807) is 12.1 Å². The SMILES string of the molecule is O=S(=O)(NC[C@H]1CC[C@H](CNc2nc(Nc3cccc(F)c3)c3ccccc3n2)CC1)c1ccc(OC(F)(F)F)cc1. The molecule has 1 aliphatic carbocycles. The van der Waals surface area contributed by atoms with Gasteiger partial charge in [0.25, 0.3) is 0 Å². The van der Waals surface area contributed by atoms with Crippen molar-refractivity contribution in [3.63, 3.8) is 0 Å². The van der Waals surface area contributed by atoms with Crippen LogP contribution in [0.5, 0.6) is 5.75 Å². The minimum absolute atomic E-state index is 0.128. The van der Waals surface area contributed by atoms with Crippen LogP contribution in [0.2, 0.25) is 0 Å². The quantitative estimate of drug-likeness (QED) is 0.175. The summed E-state index contributed by atoms with van der Waals surface area (Å²) in [5, 5.41) is 7.32. The van der Waals surface area contributed by atoms with Gasteiger partial charge in [0.15, 0.2) is 0 Å². The Bertz CT molecular complexity index is 1630. The second kappa shape index (κ2) is 12.5. The molecule has 4 aromatic rings. The van der Waals surface area contributed by atoms with E-state index in [4.69, 9.17) is 0 Å². The van der Waals surface area contributed by atoms with Crippen LogP contribution in [-0.4, -0.2) is 37.8 Å². The molecule has 0 amide bonds. The van der Waals surface area contributed by atoms with Crippen LogP contribution >= 0.6 is 0 Å². The maximum Gasteiger partial charge on any atom is 0.573 e. The summed E-state index contributed by atoms with van der Waals surface area (Å²) in [4.78, 5) is 9.14. The Morgan fingerprint density at radius 2 is 1.55 bits per heavy atom. The van der Waals surface area contributed by atoms with E-state index in [0.717, 1.165) is 60.9 Å². The zero-order valence-corrected chi connectivity index (χ0v) is 23.2. The number of alkyl halides is 3. The van der Waals surface area contributed by atoms with Crippen molar-refractivity contribution in [1.82, 2.24) is 14.7 Å². The molecular formula is C29H29F4N5O3S. The van der Waals surface area contributed by atoms with Gasteiger partial charge in [-0.05, 0) is 92.1 Å². The normalized spacial score (nSPS) is 17.6. The molecule has 0 unspecified atom stereocenters. The van der Waals surface area contributed by atoms with Gasteiger partial charge in [-0.25, -0.2) is 22.5 Å². The molecule has 1 aromatic heterocycles. The Labute approximate surface area is 240 Å². The maximum absolute atomic E-state index is 13.7. The van der Waals surface area contributed by atoms with Crippen molar-refractivity contribution in [2.24, 2.45) is 11.8 Å². The molecule has 8 nitrogen and oxygen atoms in total. The summed E-state index contributed by atoms with van der Waals surface area (Å²) in [6.45, 7) is 0.884. The number of hydrogen-bond donors (Lipinski definition) is 3. The molecule has 1 heterocycles. The highest BCUT2D eigenvalue weighted by Gasteiger charge is 2.31. The number of para-hydroxylation sites is 1. The Hall–Kier alpha value is -3.97. The number of fused-ring (bicyclic) bond motifs is 1. The van der Waals surface area contributed by atoms with Gasteiger partial charge in [-0.2, -0.15) is 4.98 Å². The van der Waals surface area contributed by atoms with E-state index in [9.17, 15) is 26.0 Å². The van der Waals surface area contributed by atoms with Crippen LogP contribution in [0.4, 0.5) is 35.0 Å². The molecule has 42 heavy (non-hydrogen) atoms. The van der Waals surface area contributed by atoms with E-state index < -0.39 is 22.1 Å². The highest BCUT2D eigenvalue weighted by Crippen LogP contribution is 2.30. The molecule has 1 fully saturated rings. The van der Waals surface area contributed by atoms with Crippen LogP contribution in [-0.2, 0) is 10.0 Å². The Morgan fingerprint density at radius 1 is 0.857 bits per heavy atom. The van der Waals surface area contributed by atoms with E-state index in [-0.39, 0.29) is 23.2 Å². The zero-order chi connectivity index (χ0) is 29.7. The summed E-state index contributed by atoms with van der Waals surface area (Å²) >= 11 is 0. The van der Waals surface area contributed by atoms with E-state index in [1.165, 1.54) is 12.1 Å². The number of aromatic nitrogens is 2. The molecule has 3 aromatic carbocycles. The maximum atomic E-state index is 13.7. The second-order valence-electron chi connectivity index (χ2n) is 10.2. The number of sulfonamides is 1. The third-order valence-electron chi connectivity index (χ3n) is 7.14. The zero-order valence-electron chi connectivity index (χ0n) is 22.4. The molecular weight excluding hydrogens is 574 g/mol. The number of nitrogens with one attached hydrogen (secondary N) is 3. The number of anilines is 3. The van der Waals surface area contributed by atoms with Gasteiger partial charge in [0.1, 0.15) is 17.4 Å². The van der Waals surface area contributed by atoms with Crippen molar-refractivity contribution in [2.75, 3.05) is 23.7 Å². The van der Waals surface area contributed by atoms with Crippen LogP contribution in [0.15, 0.2) is 77.7 Å². The van der Waals surface area contributed by atoms with Crippen molar-refractivity contribution >= 4 is 38.4 Å². The van der Waals surface area contributed by atoms with Gasteiger partial charge in [-0.15, -0.1) is 13.2 Å². The monoisotopic (exact) mass is 603 g/mol. The predicted molar refractivity (Wildman–Crippen MR) is 151 cm³/mol. The minimum Gasteiger partial charge on any atom is -0.406 e. The Kier molecular flexibility index (Phi) is 8.78. The van der Waals surface area contributed by atoms with E-state index in [0.29, 0.717) is 29.9 Å². The molecule has 0 saturated heterocycles. The minimum atomic E-state index is -4.85. The van der Waals surface area contributed by atoms with Crippen molar-refractivity contribution < 1.29 is 30.7 Å². The number of nitrogens with zero attached hydrogens (tertiary/aromatic N) is 2. The summed E-state index contributed by atoms with van der Waals surface area (Å²) in [6.07, 6.45) is -1.45. The standard InChI is InChI=1S/C29H29F4N5O3S/c30-21-4-3-5-22(16-21)36-27-25-6-1-2-7-26(25)37-28(38-27)34-17-19-8-10-20(11-9-19)18-35-42(39,40)24-14-12-23(13-15-24)41-29(31,32)33/h1-7,12-16,19-20,35H,8-11,17-18H2,(H2,34,36,37,38)/t19-,20-. The Morgan fingerprint density at radius 3 is 2.24 bits per heavy atom. The summed E-state index contributed by atoms with van der Waals surface area (Å²) in [7, 11) is -3.87. The smallest absolute Gasteiger partial charge is 0.406 e. The number of rotatable bonds is 10. The summed E-state index contributed by atoms with van der Waals surface area (Å²) in [5.74, 6) is 0.660. The van der Waals surface area contributed by atoms with Crippen molar-refractivity contribution in [1.29, 1.82) is 0 Å². The number of hydrogen-bond acceptors (Lipinski definition) is 7. The lowest BCUT2D eigenvalue weighted by atomic mass is 9.82. The largest absolute Gasteiger partial charge is 0.573 e. The molecule has 0 bridgehead atoms. The lowest BCUT2D eigenvalue weighted by molar-refractivity contribution is -0.274. The molecule has 13 heteroatoms. The van der Waals surface area contributed by atoms with Gasteiger partial charge in [0.05, 0.1) is 10.4 Å². The van der Waals surface area contributed by atoms with Crippen LogP contribution in [0, 0.1) is 17.7 Å². The average molecular weight is 604 g/mol. The summed E-state index contributed by atoms with van der Waals surface area (Å²) in [6, 6.07) is 17.8. The predicted octanol–water partition coefficient (Wildman–Crippen LogP) is 6.61. The molecule has 0 atom stereocenters. The molecule has 3 N–H and O–H groups in total. The number of benzene rings is 3. The molecule has 5 rings (SSSR count). The van der Waals surface area contributed by atoms with Gasteiger partial charge >= 0.3 is 6.36 Å². The molecule has 222 valence electrons. The van der Waals surface area contributed by atoms with E-state index in [2.05, 4.69) is 30.1 Å². The molecule has 1 aliphatic rings. The third kappa shape index (κ3) is 7.85. The molecule has 0 spiro atoms. The fourth-order valence-corrected chi connectivity index (χ4v) is 6.08. The van der Waals surface area contributed by atoms with E-state index in [1.807, 2.05) is 24.3 Å². The lowest BCUT2D eigenvalue weighted by Gasteiger charge is -2.28. The highest BCUT2D eigenvalue weighted by molar-refractivity contribution is 7.89. The van der Waals surface area contributed by atoms with Crippen LogP contribution in [0.3, 0.4) is 0 Å². The first kappa shape index (κ1) is 29.5. The fourth-order valence-electron chi connectivity index (χ4n) is 4.96.